The summed E-state index contributed by atoms with van der Waals surface area (Å²) in [7, 11) is 0. The summed E-state index contributed by atoms with van der Waals surface area (Å²) < 4.78 is 0. The molecule has 6 atom stereocenters. The first-order chi connectivity index (χ1) is 10.1. The fourth-order valence-corrected chi connectivity index (χ4v) is 6.93. The van der Waals surface area contributed by atoms with Gasteiger partial charge in [-0.1, -0.05) is 18.1 Å². The lowest BCUT2D eigenvalue weighted by molar-refractivity contribution is -0.0788. The quantitative estimate of drug-likeness (QED) is 0.677. The second-order valence-electron chi connectivity index (χ2n) is 8.86. The zero-order valence-corrected chi connectivity index (χ0v) is 13.9. The summed E-state index contributed by atoms with van der Waals surface area (Å²) in [6, 6.07) is 0. The van der Waals surface area contributed by atoms with Crippen LogP contribution in [0.5, 0.6) is 0 Å². The lowest BCUT2D eigenvalue weighted by Gasteiger charge is -2.58. The Balaban J connectivity index is 1.59. The summed E-state index contributed by atoms with van der Waals surface area (Å²) in [5.74, 6) is 4.44. The minimum absolute atomic E-state index is 0.426. The van der Waals surface area contributed by atoms with E-state index in [9.17, 15) is 5.11 Å². The molecule has 3 saturated carbocycles. The van der Waals surface area contributed by atoms with Crippen molar-refractivity contribution in [1.82, 2.24) is 0 Å². The van der Waals surface area contributed by atoms with E-state index in [1.807, 2.05) is 5.57 Å². The number of hydrogen-bond donors (Lipinski definition) is 1. The third-order valence-electron chi connectivity index (χ3n) is 8.18. The maximum atomic E-state index is 9.54. The highest BCUT2D eigenvalue weighted by molar-refractivity contribution is 5.25. The van der Waals surface area contributed by atoms with Crippen LogP contribution in [0.2, 0.25) is 0 Å². The van der Waals surface area contributed by atoms with Crippen molar-refractivity contribution in [2.24, 2.45) is 35.0 Å². The Morgan fingerprint density at radius 1 is 1.10 bits per heavy atom. The first-order valence-corrected chi connectivity index (χ1v) is 9.43. The summed E-state index contributed by atoms with van der Waals surface area (Å²) in [6.07, 6.45) is 12.6. The average molecular weight is 288 g/mol. The smallest absolute Gasteiger partial charge is 0.0459 e. The molecule has 3 fully saturated rings. The van der Waals surface area contributed by atoms with Gasteiger partial charge >= 0.3 is 0 Å². The Morgan fingerprint density at radius 3 is 2.76 bits per heavy atom. The van der Waals surface area contributed by atoms with Gasteiger partial charge in [-0.3, -0.25) is 0 Å². The molecule has 0 aromatic heterocycles. The van der Waals surface area contributed by atoms with Crippen molar-refractivity contribution >= 4 is 0 Å². The summed E-state index contributed by atoms with van der Waals surface area (Å²) >= 11 is 0. The first kappa shape index (κ1) is 14.3. The highest BCUT2D eigenvalue weighted by Gasteiger charge is 2.54. The number of fused-ring (bicyclic) bond motifs is 5. The molecule has 0 radical (unpaired) electrons. The van der Waals surface area contributed by atoms with E-state index in [1.54, 1.807) is 5.57 Å². The van der Waals surface area contributed by atoms with Gasteiger partial charge < -0.3 is 5.11 Å². The van der Waals surface area contributed by atoms with Gasteiger partial charge in [0.25, 0.3) is 0 Å². The van der Waals surface area contributed by atoms with Crippen LogP contribution >= 0.6 is 0 Å². The molecule has 0 aromatic rings. The van der Waals surface area contributed by atoms with Crippen LogP contribution < -0.4 is 0 Å². The number of hydrogen-bond acceptors (Lipinski definition) is 1. The van der Waals surface area contributed by atoms with Crippen molar-refractivity contribution in [2.75, 3.05) is 6.61 Å². The zero-order chi connectivity index (χ0) is 14.6. The van der Waals surface area contributed by atoms with Crippen molar-refractivity contribution in [3.63, 3.8) is 0 Å². The van der Waals surface area contributed by atoms with Crippen LogP contribution in [-0.4, -0.2) is 11.7 Å². The molecule has 118 valence electrons. The predicted molar refractivity (Wildman–Crippen MR) is 86.9 cm³/mol. The molecule has 0 aliphatic heterocycles. The van der Waals surface area contributed by atoms with Gasteiger partial charge in [0.05, 0.1) is 0 Å². The fourth-order valence-electron chi connectivity index (χ4n) is 6.93. The number of aliphatic hydroxyl groups is 1. The summed E-state index contributed by atoms with van der Waals surface area (Å²) in [6.45, 7) is 5.45. The molecule has 4 rings (SSSR count). The van der Waals surface area contributed by atoms with Crippen LogP contribution in [0.25, 0.3) is 0 Å². The minimum Gasteiger partial charge on any atom is -0.396 e. The molecule has 1 nitrogen and oxygen atoms in total. The average Bonchev–Trinajstić information content (AvgIpc) is 2.88. The van der Waals surface area contributed by atoms with Crippen molar-refractivity contribution < 1.29 is 5.11 Å². The van der Waals surface area contributed by atoms with E-state index in [-0.39, 0.29) is 0 Å². The molecule has 21 heavy (non-hydrogen) atoms. The second-order valence-corrected chi connectivity index (χ2v) is 8.86. The van der Waals surface area contributed by atoms with Crippen LogP contribution in [0.3, 0.4) is 0 Å². The van der Waals surface area contributed by atoms with Crippen molar-refractivity contribution in [3.05, 3.63) is 11.1 Å². The molecule has 0 heterocycles. The third-order valence-corrected chi connectivity index (χ3v) is 8.18. The lowest BCUT2D eigenvalue weighted by atomic mass is 9.47. The molecule has 0 bridgehead atoms. The SMILES string of the molecule is CC1=C2CC[C@@H]3[C@H](CC[C@@H]4C[C@@H](CO)CC[C@]43C)[C@H]2CC1. The fraction of sp³-hybridized carbons (Fsp3) is 0.900. The van der Waals surface area contributed by atoms with E-state index in [2.05, 4.69) is 13.8 Å². The van der Waals surface area contributed by atoms with Crippen LogP contribution in [0, 0.1) is 35.0 Å². The van der Waals surface area contributed by atoms with Gasteiger partial charge in [0, 0.05) is 6.61 Å². The molecule has 4 aliphatic carbocycles. The number of allylic oxidation sites excluding steroid dienone is 2. The van der Waals surface area contributed by atoms with E-state index in [0.29, 0.717) is 17.9 Å². The van der Waals surface area contributed by atoms with Crippen LogP contribution in [0.4, 0.5) is 0 Å². The van der Waals surface area contributed by atoms with E-state index in [4.69, 9.17) is 0 Å². The van der Waals surface area contributed by atoms with Crippen LogP contribution in [-0.2, 0) is 0 Å². The van der Waals surface area contributed by atoms with Gasteiger partial charge in [-0.15, -0.1) is 0 Å². The second kappa shape index (κ2) is 5.11. The van der Waals surface area contributed by atoms with Gasteiger partial charge in [-0.2, -0.15) is 0 Å². The molecule has 0 unspecified atom stereocenters. The Bertz CT molecular complexity index is 451. The summed E-state index contributed by atoms with van der Waals surface area (Å²) in [5, 5.41) is 9.54. The van der Waals surface area contributed by atoms with Gasteiger partial charge in [-0.05, 0) is 99.7 Å². The van der Waals surface area contributed by atoms with Gasteiger partial charge in [0.2, 0.25) is 0 Å². The van der Waals surface area contributed by atoms with Crippen molar-refractivity contribution in [1.29, 1.82) is 0 Å². The highest BCUT2D eigenvalue weighted by atomic mass is 16.3. The Morgan fingerprint density at radius 2 is 1.95 bits per heavy atom. The Labute approximate surface area is 130 Å². The zero-order valence-electron chi connectivity index (χ0n) is 13.9. The van der Waals surface area contributed by atoms with Crippen molar-refractivity contribution in [2.45, 2.75) is 71.6 Å². The van der Waals surface area contributed by atoms with E-state index < -0.39 is 0 Å². The van der Waals surface area contributed by atoms with Gasteiger partial charge in [0.15, 0.2) is 0 Å². The predicted octanol–water partition coefficient (Wildman–Crippen LogP) is 4.95. The maximum Gasteiger partial charge on any atom is 0.0459 e. The monoisotopic (exact) mass is 288 g/mol. The molecular weight excluding hydrogens is 256 g/mol. The molecule has 1 N–H and O–H groups in total. The van der Waals surface area contributed by atoms with Gasteiger partial charge in [-0.25, -0.2) is 0 Å². The number of aliphatic hydroxyl groups excluding tert-OH is 1. The minimum atomic E-state index is 0.426. The molecule has 0 saturated heterocycles. The van der Waals surface area contributed by atoms with Gasteiger partial charge in [0.1, 0.15) is 0 Å². The van der Waals surface area contributed by atoms with Crippen LogP contribution in [0.1, 0.15) is 71.6 Å². The molecule has 0 spiro atoms. The number of rotatable bonds is 1. The third kappa shape index (κ3) is 2.06. The summed E-state index contributed by atoms with van der Waals surface area (Å²) in [5.41, 5.74) is 4.22. The molecule has 0 amide bonds. The van der Waals surface area contributed by atoms with E-state index >= 15 is 0 Å². The standard InChI is InChI=1S/C20H32O/c1-13-3-5-17-16(13)7-8-19-18(17)6-4-15-11-14(12-21)9-10-20(15,19)2/h14-15,17-19,21H,3-12H2,1-2H3/t14-,15+,17-,18+,19+,20+/m0/s1. The van der Waals surface area contributed by atoms with Crippen LogP contribution in [0.15, 0.2) is 11.1 Å². The topological polar surface area (TPSA) is 20.2 Å². The summed E-state index contributed by atoms with van der Waals surface area (Å²) in [4.78, 5) is 0. The molecular formula is C20H32O. The van der Waals surface area contributed by atoms with E-state index in [0.717, 1.165) is 23.7 Å². The molecule has 4 aliphatic rings. The Kier molecular flexibility index (Phi) is 3.48. The largest absolute Gasteiger partial charge is 0.396 e. The normalized spacial score (nSPS) is 49.6. The lowest BCUT2D eigenvalue weighted by Crippen LogP contribution is -2.50. The van der Waals surface area contributed by atoms with E-state index in [1.165, 1.54) is 57.8 Å². The first-order valence-electron chi connectivity index (χ1n) is 9.43. The van der Waals surface area contributed by atoms with Crippen molar-refractivity contribution in [3.8, 4) is 0 Å². The highest BCUT2D eigenvalue weighted by Crippen LogP contribution is 2.63. The molecule has 1 heteroatoms. The molecule has 0 aromatic carbocycles. The Hall–Kier alpha value is -0.300. The maximum absolute atomic E-state index is 9.54.